The second-order valence-corrected chi connectivity index (χ2v) is 5.97. The van der Waals surface area contributed by atoms with Crippen LogP contribution in [-0.4, -0.2) is 11.5 Å². The lowest BCUT2D eigenvalue weighted by atomic mass is 10.2. The fraction of sp³-hybridized carbons (Fsp3) is 0.250. The number of nitrogens with one attached hydrogen (secondary N) is 1. The number of thiazole rings is 1. The molecule has 1 aliphatic heterocycles. The van der Waals surface area contributed by atoms with E-state index in [1.165, 1.54) is 17.0 Å². The Hall–Kier alpha value is -0.780. The van der Waals surface area contributed by atoms with Crippen LogP contribution >= 0.6 is 27.3 Å². The summed E-state index contributed by atoms with van der Waals surface area (Å²) in [7, 11) is 0. The van der Waals surface area contributed by atoms with Crippen LogP contribution < -0.4 is 5.32 Å². The van der Waals surface area contributed by atoms with Crippen molar-refractivity contribution in [2.75, 3.05) is 6.54 Å². The van der Waals surface area contributed by atoms with Gasteiger partial charge in [0.25, 0.3) is 0 Å². The Bertz CT molecular complexity index is 524. The molecule has 0 radical (unpaired) electrons. The zero-order valence-electron chi connectivity index (χ0n) is 8.96. The van der Waals surface area contributed by atoms with E-state index in [0.29, 0.717) is 0 Å². The Balaban J connectivity index is 2.05. The molecule has 0 amide bonds. The molecule has 2 heterocycles. The van der Waals surface area contributed by atoms with Crippen molar-refractivity contribution >= 4 is 27.3 Å². The average molecular weight is 313 g/mol. The predicted molar refractivity (Wildman–Crippen MR) is 70.6 cm³/mol. The van der Waals surface area contributed by atoms with E-state index < -0.39 is 0 Å². The normalized spacial score (nSPS) is 14.7. The summed E-state index contributed by atoms with van der Waals surface area (Å²) in [5.74, 6) is -0.235. The molecule has 1 aromatic carbocycles. The van der Waals surface area contributed by atoms with E-state index in [4.69, 9.17) is 0 Å². The van der Waals surface area contributed by atoms with E-state index in [2.05, 4.69) is 26.2 Å². The van der Waals surface area contributed by atoms with Gasteiger partial charge in [0, 0.05) is 34.4 Å². The summed E-state index contributed by atoms with van der Waals surface area (Å²) in [6.45, 7) is 1.85. The lowest BCUT2D eigenvalue weighted by molar-refractivity contribution is 0.627. The molecule has 0 fully saturated rings. The lowest BCUT2D eigenvalue weighted by Crippen LogP contribution is -2.22. The van der Waals surface area contributed by atoms with Gasteiger partial charge < -0.3 is 5.32 Å². The molecule has 0 saturated heterocycles. The molecule has 1 N–H and O–H groups in total. The summed E-state index contributed by atoms with van der Waals surface area (Å²) >= 11 is 4.95. The Morgan fingerprint density at radius 2 is 2.24 bits per heavy atom. The van der Waals surface area contributed by atoms with Crippen molar-refractivity contribution in [1.82, 2.24) is 10.3 Å². The van der Waals surface area contributed by atoms with Gasteiger partial charge in [-0.25, -0.2) is 9.37 Å². The Morgan fingerprint density at radius 3 is 3.00 bits per heavy atom. The zero-order valence-corrected chi connectivity index (χ0v) is 11.4. The number of benzene rings is 1. The number of hydrogen-bond acceptors (Lipinski definition) is 3. The molecule has 0 spiro atoms. The minimum atomic E-state index is -0.235. The van der Waals surface area contributed by atoms with E-state index in [0.717, 1.165) is 40.2 Å². The molecule has 17 heavy (non-hydrogen) atoms. The van der Waals surface area contributed by atoms with E-state index in [9.17, 15) is 4.39 Å². The fourth-order valence-electron chi connectivity index (χ4n) is 1.93. The summed E-state index contributed by atoms with van der Waals surface area (Å²) < 4.78 is 14.1. The van der Waals surface area contributed by atoms with Crippen molar-refractivity contribution in [3.8, 4) is 10.6 Å². The number of rotatable bonds is 1. The van der Waals surface area contributed by atoms with Gasteiger partial charge in [0.05, 0.1) is 5.69 Å². The Kier molecular flexibility index (Phi) is 2.98. The third-order valence-electron chi connectivity index (χ3n) is 2.71. The standard InChI is InChI=1S/C12H10BrFN2S/c13-8-3-7(4-9(14)5-8)12-16-10-1-2-15-6-11(10)17-12/h3-5,15H,1-2,6H2. The van der Waals surface area contributed by atoms with Gasteiger partial charge in [-0.3, -0.25) is 0 Å². The molecule has 0 bridgehead atoms. The smallest absolute Gasteiger partial charge is 0.125 e. The van der Waals surface area contributed by atoms with Crippen LogP contribution in [0.5, 0.6) is 0 Å². The molecule has 2 nitrogen and oxygen atoms in total. The van der Waals surface area contributed by atoms with Crippen molar-refractivity contribution in [2.45, 2.75) is 13.0 Å². The second kappa shape index (κ2) is 4.48. The summed E-state index contributed by atoms with van der Waals surface area (Å²) in [6.07, 6.45) is 0.961. The predicted octanol–water partition coefficient (Wildman–Crippen LogP) is 3.36. The van der Waals surface area contributed by atoms with Crippen molar-refractivity contribution in [3.05, 3.63) is 39.1 Å². The van der Waals surface area contributed by atoms with Crippen molar-refractivity contribution in [2.24, 2.45) is 0 Å². The Morgan fingerprint density at radius 1 is 1.35 bits per heavy atom. The number of nitrogens with zero attached hydrogens (tertiary/aromatic N) is 1. The number of aromatic nitrogens is 1. The molecule has 0 saturated carbocycles. The molecular formula is C12H10BrFN2S. The molecule has 0 atom stereocenters. The van der Waals surface area contributed by atoms with Crippen LogP contribution in [0.25, 0.3) is 10.6 Å². The van der Waals surface area contributed by atoms with Gasteiger partial charge in [0.1, 0.15) is 10.8 Å². The topological polar surface area (TPSA) is 24.9 Å². The summed E-state index contributed by atoms with van der Waals surface area (Å²) in [4.78, 5) is 5.86. The highest BCUT2D eigenvalue weighted by Gasteiger charge is 2.16. The number of hydrogen-bond donors (Lipinski definition) is 1. The molecule has 1 aliphatic rings. The molecule has 88 valence electrons. The first kappa shape index (κ1) is 11.3. The average Bonchev–Trinajstić information content (AvgIpc) is 2.71. The van der Waals surface area contributed by atoms with Gasteiger partial charge >= 0.3 is 0 Å². The van der Waals surface area contributed by atoms with Gasteiger partial charge in [0.15, 0.2) is 0 Å². The monoisotopic (exact) mass is 312 g/mol. The zero-order chi connectivity index (χ0) is 11.8. The highest BCUT2D eigenvalue weighted by molar-refractivity contribution is 9.10. The van der Waals surface area contributed by atoms with Gasteiger partial charge in [-0.2, -0.15) is 0 Å². The van der Waals surface area contributed by atoms with E-state index in [1.807, 2.05) is 6.07 Å². The SMILES string of the molecule is Fc1cc(Br)cc(-c2nc3c(s2)CNCC3)c1. The van der Waals surface area contributed by atoms with Crippen molar-refractivity contribution in [1.29, 1.82) is 0 Å². The van der Waals surface area contributed by atoms with Crippen LogP contribution in [0.3, 0.4) is 0 Å². The minimum absolute atomic E-state index is 0.235. The molecule has 0 unspecified atom stereocenters. The molecule has 1 aromatic heterocycles. The quantitative estimate of drug-likeness (QED) is 0.873. The van der Waals surface area contributed by atoms with Crippen LogP contribution in [-0.2, 0) is 13.0 Å². The summed E-state index contributed by atoms with van der Waals surface area (Å²) in [5, 5.41) is 4.22. The molecule has 2 aromatic rings. The van der Waals surface area contributed by atoms with Gasteiger partial charge in [-0.05, 0) is 18.2 Å². The van der Waals surface area contributed by atoms with Crippen LogP contribution in [0.1, 0.15) is 10.6 Å². The van der Waals surface area contributed by atoms with Gasteiger partial charge in [-0.15, -0.1) is 11.3 Å². The van der Waals surface area contributed by atoms with Gasteiger partial charge in [-0.1, -0.05) is 15.9 Å². The highest BCUT2D eigenvalue weighted by Crippen LogP contribution is 2.31. The first-order valence-corrected chi connectivity index (χ1v) is 6.99. The third-order valence-corrected chi connectivity index (χ3v) is 4.32. The molecule has 0 aliphatic carbocycles. The number of fused-ring (bicyclic) bond motifs is 1. The maximum atomic E-state index is 13.3. The minimum Gasteiger partial charge on any atom is -0.311 e. The van der Waals surface area contributed by atoms with Crippen LogP contribution in [0.2, 0.25) is 0 Å². The fourth-order valence-corrected chi connectivity index (χ4v) is 3.46. The summed E-state index contributed by atoms with van der Waals surface area (Å²) in [6, 6.07) is 4.89. The highest BCUT2D eigenvalue weighted by atomic mass is 79.9. The van der Waals surface area contributed by atoms with Crippen molar-refractivity contribution in [3.63, 3.8) is 0 Å². The first-order valence-electron chi connectivity index (χ1n) is 5.38. The number of halogens is 2. The molecule has 5 heteroatoms. The third kappa shape index (κ3) is 2.27. The lowest BCUT2D eigenvalue weighted by Gasteiger charge is -2.09. The summed E-state index contributed by atoms with van der Waals surface area (Å²) in [5.41, 5.74) is 2.00. The maximum absolute atomic E-state index is 13.3. The second-order valence-electron chi connectivity index (χ2n) is 3.97. The molecular weight excluding hydrogens is 303 g/mol. The van der Waals surface area contributed by atoms with Crippen LogP contribution in [0, 0.1) is 5.82 Å². The van der Waals surface area contributed by atoms with E-state index >= 15 is 0 Å². The Labute approximate surface area is 111 Å². The van der Waals surface area contributed by atoms with Gasteiger partial charge in [0.2, 0.25) is 0 Å². The van der Waals surface area contributed by atoms with Crippen molar-refractivity contribution < 1.29 is 4.39 Å². The first-order chi connectivity index (χ1) is 8.22. The van der Waals surface area contributed by atoms with Crippen LogP contribution in [0.4, 0.5) is 4.39 Å². The van der Waals surface area contributed by atoms with E-state index in [1.54, 1.807) is 11.3 Å². The van der Waals surface area contributed by atoms with E-state index in [-0.39, 0.29) is 5.82 Å². The largest absolute Gasteiger partial charge is 0.311 e. The maximum Gasteiger partial charge on any atom is 0.125 e. The van der Waals surface area contributed by atoms with Crippen LogP contribution in [0.15, 0.2) is 22.7 Å². The molecule has 3 rings (SSSR count).